The van der Waals surface area contributed by atoms with Gasteiger partial charge in [-0.3, -0.25) is 14.5 Å². The van der Waals surface area contributed by atoms with Gasteiger partial charge in [0.25, 0.3) is 0 Å². The third kappa shape index (κ3) is 9.40. The molecule has 1 rings (SSSR count). The predicted molar refractivity (Wildman–Crippen MR) is 157 cm³/mol. The average molecular weight is 624 g/mol. The van der Waals surface area contributed by atoms with Crippen molar-refractivity contribution >= 4 is 51.7 Å². The van der Waals surface area contributed by atoms with Gasteiger partial charge in [-0.1, -0.05) is 52.8 Å². The number of nitrogens with one attached hydrogen (secondary N) is 1. The van der Waals surface area contributed by atoms with Crippen LogP contribution >= 0.6 is 15.9 Å². The maximum Gasteiger partial charge on any atom is 0.413 e. The van der Waals surface area contributed by atoms with Gasteiger partial charge >= 0.3 is 6.09 Å². The minimum Gasteiger partial charge on any atom is -0.444 e. The number of aromatic nitrogens is 1. The zero-order valence-corrected chi connectivity index (χ0v) is 27.1. The fourth-order valence-electron chi connectivity index (χ4n) is 4.17. The Morgan fingerprint density at radius 3 is 2.27 bits per heavy atom. The molecule has 0 aliphatic heterocycles. The van der Waals surface area contributed by atoms with Crippen molar-refractivity contribution in [1.82, 2.24) is 10.3 Å². The van der Waals surface area contributed by atoms with Gasteiger partial charge in [0.1, 0.15) is 33.1 Å². The van der Waals surface area contributed by atoms with Gasteiger partial charge in [-0.05, 0) is 54.9 Å². The molecule has 1 heterocycles. The number of hydrogen-bond acceptors (Lipinski definition) is 7. The second kappa shape index (κ2) is 14.1. The molecule has 37 heavy (non-hydrogen) atoms. The molecule has 0 bridgehead atoms. The molecule has 0 spiro atoms. The largest absolute Gasteiger partial charge is 0.444 e. The van der Waals surface area contributed by atoms with E-state index in [9.17, 15) is 9.00 Å². The van der Waals surface area contributed by atoms with Crippen molar-refractivity contribution in [2.75, 3.05) is 18.9 Å². The van der Waals surface area contributed by atoms with Crippen molar-refractivity contribution in [1.29, 1.82) is 0 Å². The van der Waals surface area contributed by atoms with Crippen LogP contribution in [0.25, 0.3) is 0 Å². The SMILES string of the molecule is CC[Si](CC)(CC)c1cc(Br)nc([C@](C)(C/[SH](=O)=N/CCO)/N=C(/NC(=O)OC(C)(C)C)C(C)C)c1F. The molecule has 0 fully saturated rings. The number of amidine groups is 1. The maximum atomic E-state index is 16.4. The van der Waals surface area contributed by atoms with Crippen LogP contribution in [0.4, 0.5) is 9.18 Å². The Balaban J connectivity index is 3.89. The van der Waals surface area contributed by atoms with Crippen molar-refractivity contribution in [3.8, 4) is 0 Å². The standard InChI is InChI=1S/C25H44BrFN4O4SSi/c1-10-37(11-2,12-3)18-15-19(26)29-21(20(18)27)25(9,16-36(34)28-13-14-32)31-22(17(4)5)30-23(33)35-24(6,7)8/h15,17,32,36H,10-14,16H2,1-9H3,(H,30,31,33)/t25-/m0/s1. The normalized spacial score (nSPS) is 15.5. The molecule has 0 aromatic carbocycles. The smallest absolute Gasteiger partial charge is 0.413 e. The summed E-state index contributed by atoms with van der Waals surface area (Å²) in [5.74, 6) is -0.593. The highest BCUT2D eigenvalue weighted by atomic mass is 79.9. The van der Waals surface area contributed by atoms with Crippen LogP contribution in [0.3, 0.4) is 0 Å². The van der Waals surface area contributed by atoms with Crippen LogP contribution in [0.15, 0.2) is 20.0 Å². The number of ether oxygens (including phenoxy) is 1. The van der Waals surface area contributed by atoms with Crippen LogP contribution in [-0.2, 0) is 20.9 Å². The summed E-state index contributed by atoms with van der Waals surface area (Å²) < 4.78 is 39.3. The quantitative estimate of drug-likeness (QED) is 0.104. The summed E-state index contributed by atoms with van der Waals surface area (Å²) in [7, 11) is -4.38. The Morgan fingerprint density at radius 2 is 1.81 bits per heavy atom. The highest BCUT2D eigenvalue weighted by Crippen LogP contribution is 2.32. The molecular formula is C25H44BrFN4O4SSi. The van der Waals surface area contributed by atoms with Crippen molar-refractivity contribution < 1.29 is 23.2 Å². The van der Waals surface area contributed by atoms with Gasteiger partial charge in [0.15, 0.2) is 0 Å². The zero-order chi connectivity index (χ0) is 28.6. The second-order valence-electron chi connectivity index (χ2n) is 10.6. The summed E-state index contributed by atoms with van der Waals surface area (Å²) in [5, 5.41) is 12.5. The number of nitrogens with zero attached hydrogens (tertiary/aromatic N) is 3. The van der Waals surface area contributed by atoms with E-state index in [4.69, 9.17) is 14.8 Å². The maximum absolute atomic E-state index is 16.4. The first kappa shape index (κ1) is 33.7. The second-order valence-corrected chi connectivity index (χ2v) is 18.0. The average Bonchev–Trinajstić information content (AvgIpc) is 2.79. The van der Waals surface area contributed by atoms with E-state index in [1.807, 2.05) is 13.8 Å². The van der Waals surface area contributed by atoms with Gasteiger partial charge < -0.3 is 9.84 Å². The van der Waals surface area contributed by atoms with E-state index in [1.165, 1.54) is 0 Å². The number of carbonyl (C=O) groups is 1. The van der Waals surface area contributed by atoms with Crippen LogP contribution in [0, 0.1) is 11.7 Å². The molecule has 1 unspecified atom stereocenters. The van der Waals surface area contributed by atoms with Crippen LogP contribution < -0.4 is 10.5 Å². The van der Waals surface area contributed by atoms with Gasteiger partial charge in [0.05, 0.1) is 27.0 Å². The molecule has 0 aliphatic carbocycles. The first-order valence-corrected chi connectivity index (χ1v) is 17.6. The molecule has 0 aliphatic rings. The van der Waals surface area contributed by atoms with E-state index < -0.39 is 41.7 Å². The van der Waals surface area contributed by atoms with Crippen molar-refractivity contribution in [2.45, 2.75) is 91.6 Å². The van der Waals surface area contributed by atoms with Crippen molar-refractivity contribution in [2.24, 2.45) is 15.3 Å². The lowest BCUT2D eigenvalue weighted by Gasteiger charge is -2.32. The van der Waals surface area contributed by atoms with E-state index >= 15 is 4.39 Å². The Kier molecular flexibility index (Phi) is 12.9. The zero-order valence-electron chi connectivity index (χ0n) is 23.6. The van der Waals surface area contributed by atoms with Gasteiger partial charge in [-0.15, -0.1) is 0 Å². The van der Waals surface area contributed by atoms with Gasteiger partial charge in [0.2, 0.25) is 0 Å². The monoisotopic (exact) mass is 622 g/mol. The molecule has 12 heteroatoms. The molecule has 1 aromatic heterocycles. The Hall–Kier alpha value is -1.37. The first-order chi connectivity index (χ1) is 17.1. The molecule has 0 saturated carbocycles. The molecule has 2 N–H and O–H groups in total. The molecular weight excluding hydrogens is 579 g/mol. The van der Waals surface area contributed by atoms with Gasteiger partial charge in [0, 0.05) is 16.5 Å². The van der Waals surface area contributed by atoms with Crippen LogP contribution in [0.5, 0.6) is 0 Å². The summed E-state index contributed by atoms with van der Waals surface area (Å²) in [4.78, 5) is 21.9. The number of aliphatic hydroxyl groups excluding tert-OH is 1. The Bertz CT molecular complexity index is 1050. The Morgan fingerprint density at radius 1 is 1.24 bits per heavy atom. The predicted octanol–water partition coefficient (Wildman–Crippen LogP) is 5.15. The number of alkyl carbamates (subject to hydrolysis) is 1. The summed E-state index contributed by atoms with van der Waals surface area (Å²) in [6, 6.07) is 4.36. The van der Waals surface area contributed by atoms with E-state index in [2.05, 4.69) is 51.4 Å². The van der Waals surface area contributed by atoms with E-state index in [0.717, 1.165) is 18.1 Å². The lowest BCUT2D eigenvalue weighted by molar-refractivity contribution is 0.0560. The third-order valence-electron chi connectivity index (χ3n) is 6.38. The van der Waals surface area contributed by atoms with Crippen LogP contribution in [0.1, 0.15) is 68.0 Å². The van der Waals surface area contributed by atoms with E-state index in [1.54, 1.807) is 33.8 Å². The minimum atomic E-state index is -2.21. The fraction of sp³-hybridized carbons (Fsp3) is 0.720. The minimum absolute atomic E-state index is 0.000627. The summed E-state index contributed by atoms with van der Waals surface area (Å²) in [6.45, 7) is 16.6. The number of carbonyl (C=O) groups excluding carboxylic acids is 1. The highest BCUT2D eigenvalue weighted by molar-refractivity contribution is 9.10. The van der Waals surface area contributed by atoms with Crippen molar-refractivity contribution in [3.05, 3.63) is 22.2 Å². The van der Waals surface area contributed by atoms with E-state index in [0.29, 0.717) is 9.79 Å². The van der Waals surface area contributed by atoms with E-state index in [-0.39, 0.29) is 36.4 Å². The molecule has 1 amide bonds. The number of thiol groups is 1. The first-order valence-electron chi connectivity index (χ1n) is 12.8. The fourth-order valence-corrected chi connectivity index (χ4v) is 9.62. The molecule has 2 atom stereocenters. The number of halogens is 2. The number of aliphatic imine (C=N–C) groups is 1. The molecule has 8 nitrogen and oxygen atoms in total. The molecule has 0 saturated heterocycles. The molecule has 1 aromatic rings. The number of rotatable bonds is 11. The summed E-state index contributed by atoms with van der Waals surface area (Å²) >= 11 is 3.47. The topological polar surface area (TPSA) is 113 Å². The van der Waals surface area contributed by atoms with Crippen LogP contribution in [-0.4, -0.2) is 58.8 Å². The number of aliphatic hydroxyl groups is 1. The van der Waals surface area contributed by atoms with Crippen LogP contribution in [0.2, 0.25) is 18.1 Å². The summed E-state index contributed by atoms with van der Waals surface area (Å²) in [5.41, 5.74) is -2.08. The number of hydrogen-bond donors (Lipinski definition) is 3. The highest BCUT2D eigenvalue weighted by Gasteiger charge is 2.39. The lowest BCUT2D eigenvalue weighted by Crippen LogP contribution is -2.49. The van der Waals surface area contributed by atoms with Gasteiger partial charge in [-0.25, -0.2) is 18.5 Å². The number of pyridine rings is 1. The number of amides is 1. The summed E-state index contributed by atoms with van der Waals surface area (Å²) in [6.07, 6.45) is -0.686. The third-order valence-corrected chi connectivity index (χ3v) is 13.8. The van der Waals surface area contributed by atoms with Crippen molar-refractivity contribution in [3.63, 3.8) is 0 Å². The molecule has 0 radical (unpaired) electrons. The van der Waals surface area contributed by atoms with Gasteiger partial charge in [-0.2, -0.15) is 0 Å². The lowest BCUT2D eigenvalue weighted by atomic mass is 9.99. The Labute approximate surface area is 232 Å². The molecule has 212 valence electrons.